The quantitative estimate of drug-likeness (QED) is 0.0251. The van der Waals surface area contributed by atoms with E-state index in [1.54, 1.807) is 44.2 Å². The molecule has 0 unspecified atom stereocenters. The summed E-state index contributed by atoms with van der Waals surface area (Å²) in [6.07, 6.45) is -1.40. The van der Waals surface area contributed by atoms with Gasteiger partial charge in [0.1, 0.15) is 42.3 Å². The summed E-state index contributed by atoms with van der Waals surface area (Å²) in [6, 6.07) is -1.91. The van der Waals surface area contributed by atoms with Crippen LogP contribution in [0.2, 0.25) is 0 Å². The number of carbonyl (C=O) groups is 9. The van der Waals surface area contributed by atoms with Crippen LogP contribution in [0.3, 0.4) is 0 Å². The lowest BCUT2D eigenvalue weighted by atomic mass is 10.0. The number of hydrogen-bond donors (Lipinski definition) is 12. The van der Waals surface area contributed by atoms with Crippen molar-refractivity contribution in [2.75, 3.05) is 19.7 Å². The van der Waals surface area contributed by atoms with Crippen LogP contribution >= 0.6 is 0 Å². The highest BCUT2D eigenvalue weighted by molar-refractivity contribution is 5.98. The summed E-state index contributed by atoms with van der Waals surface area (Å²) in [7, 11) is 0. The molecule has 0 bridgehead atoms. The van der Waals surface area contributed by atoms with E-state index in [1.165, 1.54) is 0 Å². The van der Waals surface area contributed by atoms with Crippen molar-refractivity contribution in [3.05, 3.63) is 35.9 Å². The molecule has 1 fully saturated rings. The first kappa shape index (κ1) is 49.8. The molecule has 16 N–H and O–H groups in total. The van der Waals surface area contributed by atoms with E-state index in [1.807, 2.05) is 0 Å². The number of nitrogens with two attached hydrogens (primary N) is 4. The Balaban J connectivity index is 2.39. The van der Waals surface area contributed by atoms with Gasteiger partial charge in [-0.15, -0.1) is 0 Å². The van der Waals surface area contributed by atoms with Gasteiger partial charge in [-0.3, -0.25) is 43.3 Å². The van der Waals surface area contributed by atoms with Crippen molar-refractivity contribution in [3.8, 4) is 0 Å². The number of nitrogens with one attached hydrogen (secondary N) is 5. The summed E-state index contributed by atoms with van der Waals surface area (Å²) >= 11 is 0. The number of benzene rings is 1. The van der Waals surface area contributed by atoms with Crippen LogP contribution < -0.4 is 49.5 Å². The molecule has 1 aliphatic rings. The Morgan fingerprint density at radius 2 is 1.32 bits per heavy atom. The standard InChI is InChI=1S/C37H57N11O12/c1-19(2)14-23(45-34(57)25(17-29(51)52)46-33(56)24(44-30(53)21(38)18-49)15-20-8-4-3-5-9-20)32(55)43-22(10-6-12-42-37(40)41)31(54)47-26(16-28(39)50)35(58)48-13-7-11-27(48)36(59)60/h3-5,8-9,19,21-27,49H,6-7,10-18,38H2,1-2H3,(H2,39,50)(H,43,55)(H,44,53)(H,45,57)(H,46,56)(H,47,54)(H,51,52)(H,59,60)(H4,40,41,42)/t21-,22-,23-,24-,25-,26-,27-/m0/s1. The van der Waals surface area contributed by atoms with Crippen LogP contribution in [-0.4, -0.2) is 141 Å². The number of hydrogen-bond acceptors (Lipinski definition) is 12. The molecule has 2 rings (SSSR count). The van der Waals surface area contributed by atoms with Crippen LogP contribution in [0.1, 0.15) is 64.4 Å². The molecule has 7 amide bonds. The number of aliphatic hydroxyl groups is 1. The Bertz CT molecular complexity index is 1720. The molecule has 7 atom stereocenters. The van der Waals surface area contributed by atoms with Crippen molar-refractivity contribution >= 4 is 59.2 Å². The number of aliphatic hydroxyl groups excluding tert-OH is 1. The topological polar surface area (TPSA) is 394 Å². The number of carboxylic acids is 2. The average molecular weight is 848 g/mol. The maximum atomic E-state index is 13.9. The Morgan fingerprint density at radius 3 is 1.88 bits per heavy atom. The van der Waals surface area contributed by atoms with Crippen LogP contribution in [0, 0.1) is 5.92 Å². The van der Waals surface area contributed by atoms with Gasteiger partial charge in [0.05, 0.1) is 19.4 Å². The van der Waals surface area contributed by atoms with Gasteiger partial charge in [0.25, 0.3) is 0 Å². The van der Waals surface area contributed by atoms with E-state index in [0.717, 1.165) is 4.90 Å². The summed E-state index contributed by atoms with van der Waals surface area (Å²) in [5.41, 5.74) is 22.4. The normalized spacial score (nSPS) is 16.5. The molecule has 0 saturated carbocycles. The Morgan fingerprint density at radius 1 is 0.767 bits per heavy atom. The van der Waals surface area contributed by atoms with E-state index < -0.39 is 115 Å². The molecule has 1 aliphatic heterocycles. The number of guanidine groups is 1. The molecule has 1 heterocycles. The van der Waals surface area contributed by atoms with Gasteiger partial charge in [-0.25, -0.2) is 4.79 Å². The van der Waals surface area contributed by atoms with E-state index in [2.05, 4.69) is 31.6 Å². The predicted octanol–water partition coefficient (Wildman–Crippen LogP) is -4.50. The third kappa shape index (κ3) is 16.9. The lowest BCUT2D eigenvalue weighted by Crippen LogP contribution is -2.60. The molecule has 0 aliphatic carbocycles. The zero-order chi connectivity index (χ0) is 45.1. The van der Waals surface area contributed by atoms with Crippen LogP contribution in [-0.2, 0) is 49.6 Å². The highest BCUT2D eigenvalue weighted by atomic mass is 16.4. The molecule has 23 heteroatoms. The Hall–Kier alpha value is -6.36. The lowest BCUT2D eigenvalue weighted by Gasteiger charge is -2.29. The van der Waals surface area contributed by atoms with Crippen molar-refractivity contribution < 1.29 is 58.5 Å². The molecule has 60 heavy (non-hydrogen) atoms. The summed E-state index contributed by atoms with van der Waals surface area (Å²) in [4.78, 5) is 122. The fraction of sp³-hybridized carbons (Fsp3) is 0.568. The maximum absolute atomic E-state index is 13.9. The first-order chi connectivity index (χ1) is 28.2. The number of likely N-dealkylation sites (tertiary alicyclic amines) is 1. The van der Waals surface area contributed by atoms with Crippen LogP contribution in [0.4, 0.5) is 0 Å². The summed E-state index contributed by atoms with van der Waals surface area (Å²) < 4.78 is 0. The van der Waals surface area contributed by atoms with Crippen LogP contribution in [0.5, 0.6) is 0 Å². The molecule has 332 valence electrons. The van der Waals surface area contributed by atoms with Gasteiger partial charge in [0.15, 0.2) is 5.96 Å². The zero-order valence-electron chi connectivity index (χ0n) is 33.5. The minimum Gasteiger partial charge on any atom is -0.481 e. The van der Waals surface area contributed by atoms with Gasteiger partial charge in [-0.1, -0.05) is 44.2 Å². The minimum absolute atomic E-state index is 0.0000798. The average Bonchev–Trinajstić information content (AvgIpc) is 3.67. The van der Waals surface area contributed by atoms with Gasteiger partial charge in [-0.05, 0) is 43.6 Å². The molecular formula is C37H57N11O12. The van der Waals surface area contributed by atoms with Crippen molar-refractivity contribution in [1.82, 2.24) is 31.5 Å². The van der Waals surface area contributed by atoms with Gasteiger partial charge in [0.2, 0.25) is 41.4 Å². The number of nitrogens with zero attached hydrogens (tertiary/aromatic N) is 2. The zero-order valence-corrected chi connectivity index (χ0v) is 33.5. The summed E-state index contributed by atoms with van der Waals surface area (Å²) in [5, 5.41) is 40.7. The maximum Gasteiger partial charge on any atom is 0.326 e. The van der Waals surface area contributed by atoms with E-state index in [9.17, 15) is 58.5 Å². The highest BCUT2D eigenvalue weighted by Crippen LogP contribution is 2.19. The molecular weight excluding hydrogens is 790 g/mol. The van der Waals surface area contributed by atoms with Gasteiger partial charge < -0.3 is 69.7 Å². The van der Waals surface area contributed by atoms with Gasteiger partial charge in [0, 0.05) is 19.5 Å². The molecule has 0 radical (unpaired) electrons. The number of carbonyl (C=O) groups excluding carboxylic acids is 7. The molecule has 0 aromatic heterocycles. The summed E-state index contributed by atoms with van der Waals surface area (Å²) in [5.74, 6) is -10.1. The number of aliphatic carboxylic acids is 2. The van der Waals surface area contributed by atoms with Gasteiger partial charge >= 0.3 is 11.9 Å². The second-order valence-electron chi connectivity index (χ2n) is 14.7. The Kier molecular flexibility index (Phi) is 20.4. The van der Waals surface area contributed by atoms with Crippen LogP contribution in [0.15, 0.2) is 35.3 Å². The molecule has 23 nitrogen and oxygen atoms in total. The molecule has 1 aromatic rings. The van der Waals surface area contributed by atoms with E-state index >= 15 is 0 Å². The molecule has 0 spiro atoms. The largest absolute Gasteiger partial charge is 0.481 e. The Labute approximate surface area is 345 Å². The first-order valence-electron chi connectivity index (χ1n) is 19.2. The lowest BCUT2D eigenvalue weighted by molar-refractivity contribution is -0.149. The fourth-order valence-electron chi connectivity index (χ4n) is 6.26. The number of rotatable bonds is 25. The number of carboxylic acid groups (broad SMARTS) is 2. The predicted molar refractivity (Wildman–Crippen MR) is 213 cm³/mol. The highest BCUT2D eigenvalue weighted by Gasteiger charge is 2.39. The van der Waals surface area contributed by atoms with E-state index in [0.29, 0.717) is 12.0 Å². The monoisotopic (exact) mass is 847 g/mol. The number of amides is 7. The van der Waals surface area contributed by atoms with E-state index in [-0.39, 0.29) is 57.1 Å². The van der Waals surface area contributed by atoms with E-state index in [4.69, 9.17) is 22.9 Å². The van der Waals surface area contributed by atoms with Crippen molar-refractivity contribution in [2.45, 2.75) is 108 Å². The van der Waals surface area contributed by atoms with Crippen molar-refractivity contribution in [1.29, 1.82) is 0 Å². The second kappa shape index (κ2) is 24.5. The minimum atomic E-state index is -1.79. The van der Waals surface area contributed by atoms with Crippen molar-refractivity contribution in [3.63, 3.8) is 0 Å². The second-order valence-corrected chi connectivity index (χ2v) is 14.7. The third-order valence-corrected chi connectivity index (χ3v) is 9.22. The summed E-state index contributed by atoms with van der Waals surface area (Å²) in [6.45, 7) is 2.71. The molecule has 1 aromatic carbocycles. The number of primary amides is 1. The number of aliphatic imine (C=N–C) groups is 1. The van der Waals surface area contributed by atoms with Crippen molar-refractivity contribution in [2.24, 2.45) is 33.8 Å². The smallest absolute Gasteiger partial charge is 0.326 e. The fourth-order valence-corrected chi connectivity index (χ4v) is 6.26. The first-order valence-corrected chi connectivity index (χ1v) is 19.2. The van der Waals surface area contributed by atoms with Gasteiger partial charge in [-0.2, -0.15) is 0 Å². The third-order valence-electron chi connectivity index (χ3n) is 9.22. The molecule has 1 saturated heterocycles. The van der Waals surface area contributed by atoms with Crippen LogP contribution in [0.25, 0.3) is 0 Å². The SMILES string of the molecule is CC(C)C[C@H](NC(=O)[C@H](CC(=O)O)NC(=O)[C@H](Cc1ccccc1)NC(=O)[C@@H](N)CO)C(=O)N[C@@H](CCCN=C(N)N)C(=O)N[C@@H](CC(N)=O)C(=O)N1CCC[C@H]1C(=O)O.